The van der Waals surface area contributed by atoms with Crippen molar-refractivity contribution >= 4 is 22.6 Å². The average molecular weight is 286 g/mol. The molecule has 0 N–H and O–H groups in total. The summed E-state index contributed by atoms with van der Waals surface area (Å²) < 4.78 is 6.60. The molecular formula is C11H11IO. The molecule has 0 aliphatic heterocycles. The second kappa shape index (κ2) is 6.01. The molecule has 0 amide bonds. The normalized spacial score (nSPS) is 9.08. The minimum Gasteiger partial charge on any atom is -0.364 e. The standard InChI is InChI=1S/C11H11IO/c1-2-3-8-13-9-10-6-4-5-7-11(10)12/h4-7H,8-9H2,1H3. The molecule has 0 spiro atoms. The Morgan fingerprint density at radius 2 is 2.15 bits per heavy atom. The van der Waals surface area contributed by atoms with Crippen molar-refractivity contribution in [3.63, 3.8) is 0 Å². The third kappa shape index (κ3) is 3.79. The zero-order chi connectivity index (χ0) is 9.52. The first-order valence-corrected chi connectivity index (χ1v) is 5.13. The molecular weight excluding hydrogens is 275 g/mol. The second-order valence-corrected chi connectivity index (χ2v) is 3.67. The zero-order valence-corrected chi connectivity index (χ0v) is 9.67. The molecule has 0 saturated carbocycles. The summed E-state index contributed by atoms with van der Waals surface area (Å²) in [6.45, 7) is 2.98. The van der Waals surface area contributed by atoms with Crippen molar-refractivity contribution in [3.05, 3.63) is 33.4 Å². The van der Waals surface area contributed by atoms with Crippen LogP contribution < -0.4 is 0 Å². The predicted octanol–water partition coefficient (Wildman–Crippen LogP) is 2.83. The minimum absolute atomic E-state index is 0.515. The van der Waals surface area contributed by atoms with Crippen molar-refractivity contribution in [2.45, 2.75) is 13.5 Å². The Morgan fingerprint density at radius 1 is 1.38 bits per heavy atom. The van der Waals surface area contributed by atoms with E-state index < -0.39 is 0 Å². The molecule has 0 atom stereocenters. The van der Waals surface area contributed by atoms with Crippen molar-refractivity contribution in [1.82, 2.24) is 0 Å². The molecule has 0 heterocycles. The van der Waals surface area contributed by atoms with Crippen LogP contribution in [0.4, 0.5) is 0 Å². The zero-order valence-electron chi connectivity index (χ0n) is 7.51. The topological polar surface area (TPSA) is 9.23 Å². The van der Waals surface area contributed by atoms with Crippen molar-refractivity contribution < 1.29 is 4.74 Å². The Balaban J connectivity index is 2.44. The van der Waals surface area contributed by atoms with Gasteiger partial charge in [0.05, 0.1) is 6.61 Å². The third-order valence-corrected chi connectivity index (χ3v) is 2.62. The summed E-state index contributed by atoms with van der Waals surface area (Å²) >= 11 is 2.31. The van der Waals surface area contributed by atoms with Gasteiger partial charge in [0.2, 0.25) is 0 Å². The molecule has 13 heavy (non-hydrogen) atoms. The summed E-state index contributed by atoms with van der Waals surface area (Å²) in [5.74, 6) is 5.65. The first-order chi connectivity index (χ1) is 6.34. The van der Waals surface area contributed by atoms with Crippen LogP contribution in [-0.2, 0) is 11.3 Å². The van der Waals surface area contributed by atoms with Gasteiger partial charge in [-0.3, -0.25) is 0 Å². The first-order valence-electron chi connectivity index (χ1n) is 4.05. The smallest absolute Gasteiger partial charge is 0.108 e. The lowest BCUT2D eigenvalue weighted by Gasteiger charge is -2.02. The van der Waals surface area contributed by atoms with Crippen molar-refractivity contribution in [3.8, 4) is 11.8 Å². The Kier molecular flexibility index (Phi) is 4.87. The summed E-state index contributed by atoms with van der Waals surface area (Å²) in [5, 5.41) is 0. The van der Waals surface area contributed by atoms with Gasteiger partial charge in [0, 0.05) is 3.57 Å². The van der Waals surface area contributed by atoms with Gasteiger partial charge in [0.25, 0.3) is 0 Å². The maximum Gasteiger partial charge on any atom is 0.108 e. The van der Waals surface area contributed by atoms with E-state index in [4.69, 9.17) is 4.74 Å². The van der Waals surface area contributed by atoms with Gasteiger partial charge in [0.1, 0.15) is 6.61 Å². The Hall–Kier alpha value is -0.530. The SMILES string of the molecule is CC#CCOCc1ccccc1I. The molecule has 0 aliphatic carbocycles. The number of hydrogen-bond donors (Lipinski definition) is 0. The summed E-state index contributed by atoms with van der Waals surface area (Å²) in [5.41, 5.74) is 1.22. The highest BCUT2D eigenvalue weighted by Gasteiger charge is 1.96. The van der Waals surface area contributed by atoms with Gasteiger partial charge in [-0.05, 0) is 41.1 Å². The summed E-state index contributed by atoms with van der Waals surface area (Å²) in [4.78, 5) is 0. The van der Waals surface area contributed by atoms with E-state index in [1.54, 1.807) is 0 Å². The molecule has 1 rings (SSSR count). The van der Waals surface area contributed by atoms with Crippen molar-refractivity contribution in [2.75, 3.05) is 6.61 Å². The molecule has 0 saturated heterocycles. The van der Waals surface area contributed by atoms with Crippen LogP contribution in [0.25, 0.3) is 0 Å². The maximum atomic E-state index is 5.36. The summed E-state index contributed by atoms with van der Waals surface area (Å²) in [6, 6.07) is 8.19. The average Bonchev–Trinajstić information content (AvgIpc) is 2.15. The van der Waals surface area contributed by atoms with E-state index >= 15 is 0 Å². The number of benzene rings is 1. The number of hydrogen-bond acceptors (Lipinski definition) is 1. The lowest BCUT2D eigenvalue weighted by molar-refractivity contribution is 0.153. The highest BCUT2D eigenvalue weighted by Crippen LogP contribution is 2.11. The van der Waals surface area contributed by atoms with Gasteiger partial charge in [-0.25, -0.2) is 0 Å². The van der Waals surface area contributed by atoms with E-state index in [0.29, 0.717) is 13.2 Å². The van der Waals surface area contributed by atoms with Crippen molar-refractivity contribution in [1.29, 1.82) is 0 Å². The van der Waals surface area contributed by atoms with Crippen LogP contribution in [0.15, 0.2) is 24.3 Å². The van der Waals surface area contributed by atoms with E-state index in [2.05, 4.69) is 46.6 Å². The van der Waals surface area contributed by atoms with Gasteiger partial charge in [-0.2, -0.15) is 0 Å². The van der Waals surface area contributed by atoms with E-state index in [9.17, 15) is 0 Å². The maximum absolute atomic E-state index is 5.36. The minimum atomic E-state index is 0.515. The number of ether oxygens (including phenoxy) is 1. The van der Waals surface area contributed by atoms with Crippen LogP contribution in [0, 0.1) is 15.4 Å². The molecule has 0 bridgehead atoms. The molecule has 68 valence electrons. The fourth-order valence-corrected chi connectivity index (χ4v) is 1.44. The largest absolute Gasteiger partial charge is 0.364 e. The fourth-order valence-electron chi connectivity index (χ4n) is 0.900. The van der Waals surface area contributed by atoms with Crippen LogP contribution in [-0.4, -0.2) is 6.61 Å². The van der Waals surface area contributed by atoms with Crippen LogP contribution in [0.5, 0.6) is 0 Å². The van der Waals surface area contributed by atoms with E-state index in [1.807, 2.05) is 19.1 Å². The predicted molar refractivity (Wildman–Crippen MR) is 62.3 cm³/mol. The van der Waals surface area contributed by atoms with Gasteiger partial charge in [0.15, 0.2) is 0 Å². The van der Waals surface area contributed by atoms with Gasteiger partial charge >= 0.3 is 0 Å². The summed E-state index contributed by atoms with van der Waals surface area (Å²) in [7, 11) is 0. The summed E-state index contributed by atoms with van der Waals surface area (Å²) in [6.07, 6.45) is 0. The molecule has 1 aromatic rings. The molecule has 0 unspecified atom stereocenters. The second-order valence-electron chi connectivity index (χ2n) is 2.51. The van der Waals surface area contributed by atoms with Crippen molar-refractivity contribution in [2.24, 2.45) is 0 Å². The Morgan fingerprint density at radius 3 is 2.85 bits per heavy atom. The van der Waals surface area contributed by atoms with Crippen LogP contribution in [0.2, 0.25) is 0 Å². The van der Waals surface area contributed by atoms with Gasteiger partial charge in [-0.15, -0.1) is 5.92 Å². The quantitative estimate of drug-likeness (QED) is 0.471. The molecule has 0 fully saturated rings. The molecule has 1 aromatic carbocycles. The van der Waals surface area contributed by atoms with Crippen LogP contribution in [0.1, 0.15) is 12.5 Å². The number of rotatable bonds is 3. The lowest BCUT2D eigenvalue weighted by atomic mass is 10.2. The molecule has 1 nitrogen and oxygen atoms in total. The first kappa shape index (κ1) is 10.6. The Bertz CT molecular complexity index is 322. The molecule has 0 aromatic heterocycles. The Labute approximate surface area is 92.6 Å². The molecule has 0 radical (unpaired) electrons. The highest BCUT2D eigenvalue weighted by atomic mass is 127. The van der Waals surface area contributed by atoms with Gasteiger partial charge < -0.3 is 4.74 Å². The monoisotopic (exact) mass is 286 g/mol. The van der Waals surface area contributed by atoms with E-state index in [0.717, 1.165) is 0 Å². The molecule has 0 aliphatic rings. The van der Waals surface area contributed by atoms with E-state index in [1.165, 1.54) is 9.13 Å². The van der Waals surface area contributed by atoms with Crippen LogP contribution in [0.3, 0.4) is 0 Å². The fraction of sp³-hybridized carbons (Fsp3) is 0.273. The van der Waals surface area contributed by atoms with Gasteiger partial charge in [-0.1, -0.05) is 24.1 Å². The lowest BCUT2D eigenvalue weighted by Crippen LogP contribution is -1.95. The van der Waals surface area contributed by atoms with Crippen LogP contribution >= 0.6 is 22.6 Å². The number of halogens is 1. The van der Waals surface area contributed by atoms with E-state index in [-0.39, 0.29) is 0 Å². The highest BCUT2D eigenvalue weighted by molar-refractivity contribution is 14.1. The molecule has 2 heteroatoms. The third-order valence-electron chi connectivity index (χ3n) is 1.57.